The van der Waals surface area contributed by atoms with E-state index in [1.54, 1.807) is 24.3 Å². The lowest BCUT2D eigenvalue weighted by atomic mass is 10.1. The van der Waals surface area contributed by atoms with Crippen LogP contribution in [0.25, 0.3) is 11.3 Å². The fourth-order valence-corrected chi connectivity index (χ4v) is 3.30. The molecule has 1 aliphatic rings. The maximum atomic E-state index is 12.6. The summed E-state index contributed by atoms with van der Waals surface area (Å²) < 4.78 is 0. The van der Waals surface area contributed by atoms with Gasteiger partial charge in [0.1, 0.15) is 0 Å². The van der Waals surface area contributed by atoms with Crippen molar-refractivity contribution >= 4 is 23.3 Å². The second-order valence-corrected chi connectivity index (χ2v) is 6.87. The molecule has 1 fully saturated rings. The van der Waals surface area contributed by atoms with Gasteiger partial charge in [0.15, 0.2) is 5.82 Å². The number of hydrogen-bond acceptors (Lipinski definition) is 4. The van der Waals surface area contributed by atoms with Crippen LogP contribution in [0.4, 0.5) is 5.82 Å². The van der Waals surface area contributed by atoms with Crippen molar-refractivity contribution in [3.8, 4) is 11.3 Å². The molecule has 1 amide bonds. The largest absolute Gasteiger partial charge is 0.352 e. The molecule has 6 heteroatoms. The van der Waals surface area contributed by atoms with E-state index in [4.69, 9.17) is 11.6 Å². The summed E-state index contributed by atoms with van der Waals surface area (Å²) in [5.41, 5.74) is 2.57. The summed E-state index contributed by atoms with van der Waals surface area (Å²) in [5, 5.41) is 9.36. The van der Waals surface area contributed by atoms with Gasteiger partial charge >= 0.3 is 0 Å². The average molecular weight is 379 g/mol. The summed E-state index contributed by atoms with van der Waals surface area (Å²) in [7, 11) is 0. The quantitative estimate of drug-likeness (QED) is 0.696. The van der Waals surface area contributed by atoms with Gasteiger partial charge in [-0.05, 0) is 36.4 Å². The van der Waals surface area contributed by atoms with Gasteiger partial charge in [-0.15, -0.1) is 10.2 Å². The van der Waals surface area contributed by atoms with Crippen molar-refractivity contribution in [1.82, 2.24) is 15.1 Å². The Bertz CT molecular complexity index is 905. The van der Waals surface area contributed by atoms with Gasteiger partial charge in [0.25, 0.3) is 5.91 Å². The van der Waals surface area contributed by atoms with E-state index in [2.05, 4.69) is 15.1 Å². The number of hydrogen-bond donors (Lipinski definition) is 0. The van der Waals surface area contributed by atoms with E-state index in [1.165, 1.54) is 0 Å². The molecule has 4 rings (SSSR count). The number of benzene rings is 2. The molecule has 3 aromatic rings. The van der Waals surface area contributed by atoms with Crippen LogP contribution in [0, 0.1) is 0 Å². The van der Waals surface area contributed by atoms with Crippen LogP contribution in [0.1, 0.15) is 10.4 Å². The number of amides is 1. The number of aromatic nitrogens is 2. The summed E-state index contributed by atoms with van der Waals surface area (Å²) in [6.45, 7) is 2.78. The Labute approximate surface area is 163 Å². The van der Waals surface area contributed by atoms with Gasteiger partial charge < -0.3 is 9.80 Å². The maximum absolute atomic E-state index is 12.6. The second-order valence-electron chi connectivity index (χ2n) is 6.43. The Morgan fingerprint density at radius 1 is 0.815 bits per heavy atom. The Morgan fingerprint density at radius 3 is 2.15 bits per heavy atom. The smallest absolute Gasteiger partial charge is 0.253 e. The van der Waals surface area contributed by atoms with Crippen molar-refractivity contribution in [2.24, 2.45) is 0 Å². The molecule has 0 aliphatic carbocycles. The molecule has 27 heavy (non-hydrogen) atoms. The third-order valence-electron chi connectivity index (χ3n) is 4.70. The third kappa shape index (κ3) is 3.93. The van der Waals surface area contributed by atoms with Gasteiger partial charge in [0.2, 0.25) is 0 Å². The first-order chi connectivity index (χ1) is 13.2. The fourth-order valence-electron chi connectivity index (χ4n) is 3.17. The molecule has 2 aromatic carbocycles. The van der Waals surface area contributed by atoms with E-state index in [9.17, 15) is 4.79 Å². The predicted octanol–water partition coefficient (Wildman–Crippen LogP) is 3.76. The minimum absolute atomic E-state index is 0.0387. The van der Waals surface area contributed by atoms with Crippen LogP contribution >= 0.6 is 11.6 Å². The standard InChI is InChI=1S/C21H19ClN4O/c22-18-8-6-17(7-9-18)21(27)26-14-12-25(13-15-26)20-11-10-19(23-24-20)16-4-2-1-3-5-16/h1-11H,12-15H2. The third-order valence-corrected chi connectivity index (χ3v) is 4.95. The van der Waals surface area contributed by atoms with Crippen LogP contribution < -0.4 is 4.90 Å². The van der Waals surface area contributed by atoms with Crippen molar-refractivity contribution in [1.29, 1.82) is 0 Å². The number of carbonyl (C=O) groups is 1. The zero-order chi connectivity index (χ0) is 18.6. The van der Waals surface area contributed by atoms with E-state index in [0.29, 0.717) is 23.7 Å². The minimum atomic E-state index is 0.0387. The van der Waals surface area contributed by atoms with Crippen LogP contribution in [-0.4, -0.2) is 47.2 Å². The Morgan fingerprint density at radius 2 is 1.52 bits per heavy atom. The predicted molar refractivity (Wildman–Crippen MR) is 107 cm³/mol. The zero-order valence-corrected chi connectivity index (χ0v) is 15.5. The zero-order valence-electron chi connectivity index (χ0n) is 14.8. The first kappa shape index (κ1) is 17.5. The van der Waals surface area contributed by atoms with Crippen LogP contribution in [0.5, 0.6) is 0 Å². The fraction of sp³-hybridized carbons (Fsp3) is 0.190. The van der Waals surface area contributed by atoms with Gasteiger partial charge in [0, 0.05) is 42.3 Å². The van der Waals surface area contributed by atoms with E-state index < -0.39 is 0 Å². The van der Waals surface area contributed by atoms with Crippen molar-refractivity contribution in [3.05, 3.63) is 77.3 Å². The van der Waals surface area contributed by atoms with E-state index >= 15 is 0 Å². The van der Waals surface area contributed by atoms with Gasteiger partial charge in [-0.1, -0.05) is 41.9 Å². The monoisotopic (exact) mass is 378 g/mol. The van der Waals surface area contributed by atoms with E-state index in [-0.39, 0.29) is 5.91 Å². The maximum Gasteiger partial charge on any atom is 0.253 e. The summed E-state index contributed by atoms with van der Waals surface area (Å²) >= 11 is 5.89. The summed E-state index contributed by atoms with van der Waals surface area (Å²) in [5.74, 6) is 0.880. The highest BCUT2D eigenvalue weighted by Crippen LogP contribution is 2.20. The van der Waals surface area contributed by atoms with Crippen molar-refractivity contribution in [2.75, 3.05) is 31.1 Å². The normalized spacial score (nSPS) is 14.3. The molecule has 1 saturated heterocycles. The van der Waals surface area contributed by atoms with Gasteiger partial charge in [-0.2, -0.15) is 0 Å². The number of piperazine rings is 1. The number of anilines is 1. The lowest BCUT2D eigenvalue weighted by Crippen LogP contribution is -2.49. The van der Waals surface area contributed by atoms with Crippen LogP contribution in [0.3, 0.4) is 0 Å². The molecule has 0 spiro atoms. The highest BCUT2D eigenvalue weighted by molar-refractivity contribution is 6.30. The summed E-state index contributed by atoms with van der Waals surface area (Å²) in [6.07, 6.45) is 0. The number of rotatable bonds is 3. The SMILES string of the molecule is O=C(c1ccc(Cl)cc1)N1CCN(c2ccc(-c3ccccc3)nn2)CC1. The molecule has 0 unspecified atom stereocenters. The first-order valence-corrected chi connectivity index (χ1v) is 9.27. The van der Waals surface area contributed by atoms with E-state index in [1.807, 2.05) is 47.4 Å². The highest BCUT2D eigenvalue weighted by Gasteiger charge is 2.23. The van der Waals surface area contributed by atoms with Crippen molar-refractivity contribution in [2.45, 2.75) is 0 Å². The molecule has 5 nitrogen and oxygen atoms in total. The Balaban J connectivity index is 1.39. The lowest BCUT2D eigenvalue weighted by Gasteiger charge is -2.35. The number of halogens is 1. The molecule has 136 valence electrons. The molecule has 2 heterocycles. The summed E-state index contributed by atoms with van der Waals surface area (Å²) in [4.78, 5) is 16.6. The molecule has 0 N–H and O–H groups in total. The van der Waals surface area contributed by atoms with Crippen molar-refractivity contribution < 1.29 is 4.79 Å². The molecule has 0 radical (unpaired) electrons. The second kappa shape index (κ2) is 7.76. The van der Waals surface area contributed by atoms with Crippen LogP contribution in [0.2, 0.25) is 5.02 Å². The molecule has 0 atom stereocenters. The molecule has 1 aromatic heterocycles. The van der Waals surface area contributed by atoms with Crippen LogP contribution in [0.15, 0.2) is 66.7 Å². The van der Waals surface area contributed by atoms with E-state index in [0.717, 1.165) is 30.2 Å². The first-order valence-electron chi connectivity index (χ1n) is 8.90. The Kier molecular flexibility index (Phi) is 5.03. The molecular formula is C21H19ClN4O. The molecule has 0 saturated carbocycles. The number of carbonyl (C=O) groups excluding carboxylic acids is 1. The van der Waals surface area contributed by atoms with Crippen LogP contribution in [-0.2, 0) is 0 Å². The van der Waals surface area contributed by atoms with Gasteiger partial charge in [-0.25, -0.2) is 0 Å². The highest BCUT2D eigenvalue weighted by atomic mass is 35.5. The van der Waals surface area contributed by atoms with Gasteiger partial charge in [-0.3, -0.25) is 4.79 Å². The average Bonchev–Trinajstić information content (AvgIpc) is 2.75. The molecular weight excluding hydrogens is 360 g/mol. The topological polar surface area (TPSA) is 49.3 Å². The number of nitrogens with zero attached hydrogens (tertiary/aromatic N) is 4. The Hall–Kier alpha value is -2.92. The summed E-state index contributed by atoms with van der Waals surface area (Å²) in [6, 6.07) is 21.0. The minimum Gasteiger partial charge on any atom is -0.352 e. The van der Waals surface area contributed by atoms with Crippen molar-refractivity contribution in [3.63, 3.8) is 0 Å². The molecule has 0 bridgehead atoms. The molecule has 1 aliphatic heterocycles. The van der Waals surface area contributed by atoms with Gasteiger partial charge in [0.05, 0.1) is 5.69 Å². The lowest BCUT2D eigenvalue weighted by molar-refractivity contribution is 0.0746.